The summed E-state index contributed by atoms with van der Waals surface area (Å²) < 4.78 is 11.2. The maximum Gasteiger partial charge on any atom is 0.329 e. The number of aliphatic carboxylic acids is 1. The number of ether oxygens (including phenoxy) is 2. The van der Waals surface area contributed by atoms with E-state index in [1.807, 2.05) is 6.92 Å². The highest BCUT2D eigenvalue weighted by Gasteiger charge is 2.46. The predicted molar refractivity (Wildman–Crippen MR) is 264 cm³/mol. The molecule has 0 saturated carbocycles. The second kappa shape index (κ2) is 27.9. The molecule has 2 aliphatic rings. The quantitative estimate of drug-likeness (QED) is 0.0789. The molecule has 0 aromatic heterocycles. The second-order valence-corrected chi connectivity index (χ2v) is 19.5. The van der Waals surface area contributed by atoms with Gasteiger partial charge in [-0.05, 0) is 67.7 Å². The molecule has 72 heavy (non-hydrogen) atoms. The number of unbranched alkanes of at least 4 members (excludes halogenated alkanes) is 4. The van der Waals surface area contributed by atoms with Gasteiger partial charge in [0.05, 0.1) is 13.5 Å². The molecular weight excluding hydrogens is 931 g/mol. The number of hydrogen-bond donors (Lipinski definition) is 7. The Morgan fingerprint density at radius 3 is 2.06 bits per heavy atom. The summed E-state index contributed by atoms with van der Waals surface area (Å²) in [7, 11) is 2.88. The topological polar surface area (TPSA) is 279 Å². The van der Waals surface area contributed by atoms with Crippen LogP contribution in [0.1, 0.15) is 117 Å². The van der Waals surface area contributed by atoms with Gasteiger partial charge in [0.1, 0.15) is 60.4 Å². The third-order valence-electron chi connectivity index (χ3n) is 13.0. The van der Waals surface area contributed by atoms with Crippen molar-refractivity contribution in [2.45, 2.75) is 173 Å². The fourth-order valence-corrected chi connectivity index (χ4v) is 8.82. The maximum absolute atomic E-state index is 15.1. The minimum absolute atomic E-state index is 0.00651. The van der Waals surface area contributed by atoms with Gasteiger partial charge in [-0.1, -0.05) is 103 Å². The summed E-state index contributed by atoms with van der Waals surface area (Å²) in [4.78, 5) is 129. The zero-order valence-corrected chi connectivity index (χ0v) is 42.8. The van der Waals surface area contributed by atoms with Crippen LogP contribution in [0, 0.1) is 11.8 Å². The number of cyclic esters (lactones) is 1. The number of benzene rings is 2. The van der Waals surface area contributed by atoms with Crippen LogP contribution in [-0.4, -0.2) is 142 Å². The van der Waals surface area contributed by atoms with Crippen LogP contribution in [0.4, 0.5) is 0 Å². The molecule has 2 saturated heterocycles. The molecule has 2 bridgehead atoms. The number of methoxy groups -OCH3 is 1. The molecule has 0 spiro atoms. The zero-order valence-electron chi connectivity index (χ0n) is 42.8. The van der Waals surface area contributed by atoms with Crippen LogP contribution in [-0.2, 0) is 60.7 Å². The average molecular weight is 1010 g/mol. The number of esters is 1. The van der Waals surface area contributed by atoms with E-state index in [-0.39, 0.29) is 44.4 Å². The number of hydrogen-bond acceptors (Lipinski definition) is 12. The monoisotopic (exact) mass is 1010 g/mol. The highest BCUT2D eigenvalue weighted by Crippen LogP contribution is 2.26. The van der Waals surface area contributed by atoms with Crippen molar-refractivity contribution in [1.82, 2.24) is 36.4 Å². The van der Waals surface area contributed by atoms with Crippen LogP contribution >= 0.6 is 0 Å². The van der Waals surface area contributed by atoms with E-state index >= 15 is 4.79 Å². The number of likely N-dealkylation sites (N-methyl/N-ethyl adjacent to an activating group) is 1. The van der Waals surface area contributed by atoms with E-state index in [9.17, 15) is 48.6 Å². The van der Waals surface area contributed by atoms with E-state index in [0.717, 1.165) is 30.6 Å². The number of fused-ring (bicyclic) bond motifs is 2. The van der Waals surface area contributed by atoms with E-state index in [1.165, 1.54) is 26.0 Å². The minimum Gasteiger partial charge on any atom is -0.497 e. The first-order valence-corrected chi connectivity index (χ1v) is 25.0. The van der Waals surface area contributed by atoms with E-state index in [2.05, 4.69) is 26.6 Å². The molecule has 396 valence electrons. The van der Waals surface area contributed by atoms with Crippen LogP contribution < -0.4 is 31.3 Å². The molecule has 2 aromatic carbocycles. The lowest BCUT2D eigenvalue weighted by Crippen LogP contribution is -2.65. The minimum atomic E-state index is -1.82. The number of nitrogens with one attached hydrogen (secondary N) is 5. The molecule has 9 atom stereocenters. The van der Waals surface area contributed by atoms with Gasteiger partial charge in [-0.15, -0.1) is 0 Å². The van der Waals surface area contributed by atoms with Crippen molar-refractivity contribution in [3.63, 3.8) is 0 Å². The Kier molecular flexibility index (Phi) is 22.5. The van der Waals surface area contributed by atoms with Crippen LogP contribution in [0.3, 0.4) is 0 Å². The number of amides is 7. The smallest absolute Gasteiger partial charge is 0.329 e. The van der Waals surface area contributed by atoms with Gasteiger partial charge in [-0.25, -0.2) is 4.79 Å². The number of aliphatic hydroxyl groups excluding tert-OH is 1. The standard InChI is InChI=1S/C52H75N7O13/c1-9-10-11-12-16-19-41(60)53-38(29-43(62)63)47(65)57-45-32(6)72-52(70)44(31(4)5)56-48(66)39(27-34-20-22-35(71-8)23-21-34)58(7)51(69)40(28-33-17-14-13-15-18-33)59-42(61)25-24-36(50(59)68)54-46(64)37(26-30(2)3)55-49(45)67/h13-15,17-18,20-23,30-32,36-40,42,44-45,61H,9-12,16,19,24-29H2,1-8H3,(H,53,60)(H,54,64)(H,55,67)(H,56,66)(H,57,65)(H,62,63). The summed E-state index contributed by atoms with van der Waals surface area (Å²) >= 11 is 0. The molecule has 0 aliphatic carbocycles. The van der Waals surface area contributed by atoms with Crippen LogP contribution in [0.25, 0.3) is 0 Å². The first kappa shape index (κ1) is 58.0. The number of aliphatic hydroxyl groups is 1. The van der Waals surface area contributed by atoms with Crippen LogP contribution in [0.5, 0.6) is 5.75 Å². The molecule has 9 unspecified atom stereocenters. The van der Waals surface area contributed by atoms with Crippen molar-refractivity contribution >= 4 is 53.3 Å². The maximum atomic E-state index is 15.1. The molecule has 7 N–H and O–H groups in total. The number of carboxylic acid groups (broad SMARTS) is 1. The number of carbonyl (C=O) groups excluding carboxylic acids is 8. The molecule has 2 aliphatic heterocycles. The van der Waals surface area contributed by atoms with Crippen molar-refractivity contribution < 1.29 is 62.8 Å². The molecule has 20 nitrogen and oxygen atoms in total. The first-order chi connectivity index (χ1) is 34.1. The van der Waals surface area contributed by atoms with Crippen molar-refractivity contribution in [2.75, 3.05) is 14.2 Å². The highest BCUT2D eigenvalue weighted by atomic mass is 16.5. The lowest BCUT2D eigenvalue weighted by molar-refractivity contribution is -0.165. The van der Waals surface area contributed by atoms with Crippen molar-refractivity contribution in [2.24, 2.45) is 11.8 Å². The number of carbonyl (C=O) groups is 9. The van der Waals surface area contributed by atoms with Gasteiger partial charge in [0, 0.05) is 26.3 Å². The normalized spacial score (nSPS) is 24.2. The lowest BCUT2D eigenvalue weighted by atomic mass is 9.95. The summed E-state index contributed by atoms with van der Waals surface area (Å²) in [6.07, 6.45) is -0.118. The summed E-state index contributed by atoms with van der Waals surface area (Å²) in [5.74, 6) is -8.71. The Hall–Kier alpha value is -6.57. The van der Waals surface area contributed by atoms with Crippen LogP contribution in [0.15, 0.2) is 54.6 Å². The molecule has 4 rings (SSSR count). The Labute approximate surface area is 422 Å². The Morgan fingerprint density at radius 1 is 0.806 bits per heavy atom. The summed E-state index contributed by atoms with van der Waals surface area (Å²) in [5.41, 5.74) is 1.21. The van der Waals surface area contributed by atoms with E-state index in [0.29, 0.717) is 23.3 Å². The fourth-order valence-electron chi connectivity index (χ4n) is 8.82. The zero-order chi connectivity index (χ0) is 53.2. The van der Waals surface area contributed by atoms with E-state index in [4.69, 9.17) is 9.47 Å². The molecule has 0 radical (unpaired) electrons. The average Bonchev–Trinajstić information content (AvgIpc) is 3.33. The molecule has 7 amide bonds. The molecule has 2 aromatic rings. The lowest BCUT2D eigenvalue weighted by Gasteiger charge is -2.43. The fraction of sp³-hybridized carbons (Fsp3) is 0.596. The van der Waals surface area contributed by atoms with Crippen molar-refractivity contribution in [1.29, 1.82) is 0 Å². The summed E-state index contributed by atoms with van der Waals surface area (Å²) in [5, 5.41) is 34.4. The Bertz CT molecular complexity index is 2190. The molecule has 2 heterocycles. The number of rotatable bonds is 19. The predicted octanol–water partition coefficient (Wildman–Crippen LogP) is 2.52. The number of piperidine rings is 1. The number of nitrogens with zero attached hydrogens (tertiary/aromatic N) is 2. The van der Waals surface area contributed by atoms with Gasteiger partial charge in [-0.2, -0.15) is 0 Å². The summed E-state index contributed by atoms with van der Waals surface area (Å²) in [6.45, 7) is 10.1. The Balaban J connectivity index is 1.84. The second-order valence-electron chi connectivity index (χ2n) is 19.5. The molecule has 20 heteroatoms. The van der Waals surface area contributed by atoms with Gasteiger partial charge >= 0.3 is 11.9 Å². The highest BCUT2D eigenvalue weighted by molar-refractivity contribution is 5.99. The molecular formula is C52H75N7O13. The van der Waals surface area contributed by atoms with Gasteiger partial charge in [0.25, 0.3) is 0 Å². The largest absolute Gasteiger partial charge is 0.497 e. The third kappa shape index (κ3) is 16.8. The van der Waals surface area contributed by atoms with E-state index in [1.54, 1.807) is 82.3 Å². The van der Waals surface area contributed by atoms with Crippen LogP contribution in [0.2, 0.25) is 0 Å². The third-order valence-corrected chi connectivity index (χ3v) is 13.0. The number of carboxylic acids is 1. The van der Waals surface area contributed by atoms with Gasteiger partial charge in [0.15, 0.2) is 0 Å². The molecule has 2 fully saturated rings. The van der Waals surface area contributed by atoms with Crippen molar-refractivity contribution in [3.05, 3.63) is 65.7 Å². The van der Waals surface area contributed by atoms with Gasteiger partial charge in [0.2, 0.25) is 41.4 Å². The summed E-state index contributed by atoms with van der Waals surface area (Å²) in [6, 6.07) is 5.20. The van der Waals surface area contributed by atoms with E-state index < -0.39 is 120 Å². The van der Waals surface area contributed by atoms with Crippen molar-refractivity contribution in [3.8, 4) is 5.75 Å². The van der Waals surface area contributed by atoms with Gasteiger partial charge in [-0.3, -0.25) is 38.4 Å². The SMILES string of the molecule is CCCCCCCC(=O)NC(CC(=O)O)C(=O)NC1C(=O)NC(CC(C)C)C(=O)NC2CCC(O)N(C2=O)C(Cc2ccccc2)C(=O)N(C)C(Cc2ccc(OC)cc2)C(=O)NC(C(C)C)C(=O)OC1C. The first-order valence-electron chi connectivity index (χ1n) is 25.0. The van der Waals surface area contributed by atoms with Gasteiger partial charge < -0.3 is 56.1 Å². The Morgan fingerprint density at radius 2 is 1.44 bits per heavy atom.